The summed E-state index contributed by atoms with van der Waals surface area (Å²) >= 11 is 3.03. The van der Waals surface area contributed by atoms with E-state index in [0.717, 1.165) is 13.0 Å². The topological polar surface area (TPSA) is 77.2 Å². The number of nitro groups is 1. The molecule has 1 aromatic heterocycles. The number of pyridine rings is 1. The molecule has 0 spiro atoms. The van der Waals surface area contributed by atoms with E-state index in [1.165, 1.54) is 6.20 Å². The Kier molecular flexibility index (Phi) is 5.30. The van der Waals surface area contributed by atoms with Gasteiger partial charge in [-0.3, -0.25) is 14.9 Å². The van der Waals surface area contributed by atoms with Crippen molar-refractivity contribution in [2.45, 2.75) is 19.9 Å². The summed E-state index contributed by atoms with van der Waals surface area (Å²) in [4.78, 5) is 21.4. The van der Waals surface area contributed by atoms with Gasteiger partial charge in [-0.15, -0.1) is 0 Å². The van der Waals surface area contributed by atoms with E-state index >= 15 is 0 Å². The lowest BCUT2D eigenvalue weighted by Gasteiger charge is -2.07. The smallest absolute Gasteiger partial charge is 0.333 e. The van der Waals surface area contributed by atoms with E-state index < -0.39 is 16.0 Å². The Morgan fingerprint density at radius 1 is 1.47 bits per heavy atom. The minimum Gasteiger partial charge on any atom is -0.346 e. The Bertz CT molecular complexity index is 459. The van der Waals surface area contributed by atoms with Crippen molar-refractivity contribution in [3.8, 4) is 0 Å². The SMILES string of the molecule is CCCNCCn1cc(Br)c(=O)c([N+](=O)[O-])c1. The third kappa shape index (κ3) is 3.94. The largest absolute Gasteiger partial charge is 0.346 e. The van der Waals surface area contributed by atoms with E-state index in [1.807, 2.05) is 0 Å². The standard InChI is InChI=1S/C10H14BrN3O3/c1-2-3-12-4-5-13-6-8(11)10(15)9(7-13)14(16)17/h6-7,12H,2-5H2,1H3. The van der Waals surface area contributed by atoms with Crippen molar-refractivity contribution in [3.63, 3.8) is 0 Å². The van der Waals surface area contributed by atoms with Crippen molar-refractivity contribution in [2.75, 3.05) is 13.1 Å². The highest BCUT2D eigenvalue weighted by molar-refractivity contribution is 9.10. The molecule has 0 radical (unpaired) electrons. The molecule has 1 rings (SSSR count). The zero-order valence-electron chi connectivity index (χ0n) is 9.48. The zero-order valence-corrected chi connectivity index (χ0v) is 11.1. The predicted molar refractivity (Wildman–Crippen MR) is 68.2 cm³/mol. The van der Waals surface area contributed by atoms with Crippen LogP contribution in [0.1, 0.15) is 13.3 Å². The summed E-state index contributed by atoms with van der Waals surface area (Å²) < 4.78 is 1.84. The van der Waals surface area contributed by atoms with E-state index in [1.54, 1.807) is 10.8 Å². The molecule has 94 valence electrons. The normalized spacial score (nSPS) is 10.5. The van der Waals surface area contributed by atoms with Crippen LogP contribution < -0.4 is 10.7 Å². The van der Waals surface area contributed by atoms with E-state index in [2.05, 4.69) is 28.2 Å². The van der Waals surface area contributed by atoms with Gasteiger partial charge in [-0.25, -0.2) is 0 Å². The molecule has 0 fully saturated rings. The van der Waals surface area contributed by atoms with E-state index in [4.69, 9.17) is 0 Å². The summed E-state index contributed by atoms with van der Waals surface area (Å²) in [6.07, 6.45) is 3.86. The number of hydrogen-bond acceptors (Lipinski definition) is 4. The number of rotatable bonds is 6. The quantitative estimate of drug-likeness (QED) is 0.491. The number of nitrogens with zero attached hydrogens (tertiary/aromatic N) is 2. The van der Waals surface area contributed by atoms with E-state index in [-0.39, 0.29) is 4.47 Å². The maximum atomic E-state index is 11.4. The van der Waals surface area contributed by atoms with Crippen molar-refractivity contribution in [1.29, 1.82) is 0 Å². The Morgan fingerprint density at radius 3 is 2.76 bits per heavy atom. The highest BCUT2D eigenvalue weighted by Crippen LogP contribution is 2.10. The Labute approximate surface area is 107 Å². The van der Waals surface area contributed by atoms with Gasteiger partial charge in [0.1, 0.15) is 0 Å². The van der Waals surface area contributed by atoms with Gasteiger partial charge in [0.15, 0.2) is 0 Å². The molecule has 0 atom stereocenters. The van der Waals surface area contributed by atoms with Crippen LogP contribution in [0, 0.1) is 10.1 Å². The maximum Gasteiger partial charge on any atom is 0.333 e. The molecule has 17 heavy (non-hydrogen) atoms. The van der Waals surface area contributed by atoms with Crippen LogP contribution in [0.15, 0.2) is 21.7 Å². The molecule has 6 nitrogen and oxygen atoms in total. The first-order valence-corrected chi connectivity index (χ1v) is 6.10. The molecule has 0 amide bonds. The van der Waals surface area contributed by atoms with Crippen LogP contribution in [0.5, 0.6) is 0 Å². The number of hydrogen-bond donors (Lipinski definition) is 1. The fourth-order valence-electron chi connectivity index (χ4n) is 1.35. The minimum absolute atomic E-state index is 0.210. The average molecular weight is 304 g/mol. The monoisotopic (exact) mass is 303 g/mol. The van der Waals surface area contributed by atoms with Crippen molar-refractivity contribution >= 4 is 21.6 Å². The second-order valence-corrected chi connectivity index (χ2v) is 4.42. The van der Waals surface area contributed by atoms with Crippen molar-refractivity contribution in [3.05, 3.63) is 37.2 Å². The van der Waals surface area contributed by atoms with Crippen LogP contribution in [-0.4, -0.2) is 22.6 Å². The average Bonchev–Trinajstić information content (AvgIpc) is 2.28. The lowest BCUT2D eigenvalue weighted by molar-refractivity contribution is -0.386. The van der Waals surface area contributed by atoms with Gasteiger partial charge < -0.3 is 9.88 Å². The van der Waals surface area contributed by atoms with Gasteiger partial charge in [-0.05, 0) is 28.9 Å². The molecule has 0 bridgehead atoms. The van der Waals surface area contributed by atoms with Gasteiger partial charge >= 0.3 is 5.69 Å². The molecule has 0 unspecified atom stereocenters. The summed E-state index contributed by atoms with van der Waals surface area (Å²) in [7, 11) is 0. The summed E-state index contributed by atoms with van der Waals surface area (Å²) in [6, 6.07) is 0. The molecule has 0 aromatic carbocycles. The fraction of sp³-hybridized carbons (Fsp3) is 0.500. The molecule has 1 heterocycles. The Hall–Kier alpha value is -1.21. The molecule has 7 heteroatoms. The van der Waals surface area contributed by atoms with Crippen molar-refractivity contribution < 1.29 is 4.92 Å². The molecule has 0 aliphatic rings. The highest BCUT2D eigenvalue weighted by Gasteiger charge is 2.15. The zero-order chi connectivity index (χ0) is 12.8. The van der Waals surface area contributed by atoms with Crippen LogP contribution >= 0.6 is 15.9 Å². The number of aromatic nitrogens is 1. The lowest BCUT2D eigenvalue weighted by Crippen LogP contribution is -2.22. The van der Waals surface area contributed by atoms with Crippen molar-refractivity contribution in [1.82, 2.24) is 9.88 Å². The highest BCUT2D eigenvalue weighted by atomic mass is 79.9. The number of halogens is 1. The summed E-state index contributed by atoms with van der Waals surface area (Å²) in [5.41, 5.74) is -0.998. The van der Waals surface area contributed by atoms with Gasteiger partial charge in [-0.1, -0.05) is 6.92 Å². The Morgan fingerprint density at radius 2 is 2.18 bits per heavy atom. The molecular formula is C10H14BrN3O3. The van der Waals surface area contributed by atoms with E-state index in [9.17, 15) is 14.9 Å². The Balaban J connectivity index is 2.80. The molecule has 0 aliphatic carbocycles. The molecule has 1 aromatic rings. The van der Waals surface area contributed by atoms with Crippen molar-refractivity contribution in [2.24, 2.45) is 0 Å². The molecular weight excluding hydrogens is 290 g/mol. The summed E-state index contributed by atoms with van der Waals surface area (Å²) in [5.74, 6) is 0. The van der Waals surface area contributed by atoms with Crippen LogP contribution in [0.3, 0.4) is 0 Å². The van der Waals surface area contributed by atoms with Crippen LogP contribution in [0.25, 0.3) is 0 Å². The molecule has 0 saturated carbocycles. The molecule has 0 aliphatic heterocycles. The van der Waals surface area contributed by atoms with Crippen LogP contribution in [-0.2, 0) is 6.54 Å². The molecule has 0 saturated heterocycles. The van der Waals surface area contributed by atoms with Crippen LogP contribution in [0.2, 0.25) is 0 Å². The second kappa shape index (κ2) is 6.51. The number of nitrogens with one attached hydrogen (secondary N) is 1. The predicted octanol–water partition coefficient (Wildman–Crippen LogP) is 1.52. The minimum atomic E-state index is -0.664. The first-order valence-electron chi connectivity index (χ1n) is 5.31. The molecule has 1 N–H and O–H groups in total. The first-order chi connectivity index (χ1) is 8.06. The van der Waals surface area contributed by atoms with Crippen LogP contribution in [0.4, 0.5) is 5.69 Å². The third-order valence-corrected chi connectivity index (χ3v) is 2.75. The second-order valence-electron chi connectivity index (χ2n) is 3.57. The van der Waals surface area contributed by atoms with E-state index in [0.29, 0.717) is 13.1 Å². The fourth-order valence-corrected chi connectivity index (χ4v) is 1.81. The van der Waals surface area contributed by atoms with Gasteiger partial charge in [0.2, 0.25) is 0 Å². The maximum absolute atomic E-state index is 11.4. The summed E-state index contributed by atoms with van der Waals surface area (Å²) in [6.45, 7) is 4.26. The third-order valence-electron chi connectivity index (χ3n) is 2.19. The van der Waals surface area contributed by atoms with Gasteiger partial charge in [0.25, 0.3) is 5.43 Å². The van der Waals surface area contributed by atoms with Gasteiger partial charge in [-0.2, -0.15) is 0 Å². The summed E-state index contributed by atoms with van der Waals surface area (Å²) in [5, 5.41) is 13.8. The first kappa shape index (κ1) is 13.9. The lowest BCUT2D eigenvalue weighted by atomic mass is 10.4. The van der Waals surface area contributed by atoms with Gasteiger partial charge in [0.05, 0.1) is 15.6 Å². The van der Waals surface area contributed by atoms with Gasteiger partial charge in [0, 0.05) is 19.3 Å².